The molecule has 2 rings (SSSR count). The number of thioether (sulfide) groups is 1. The largest absolute Gasteiger partial charge is 0.326 e. The van der Waals surface area contributed by atoms with Crippen LogP contribution in [0.2, 0.25) is 0 Å². The van der Waals surface area contributed by atoms with E-state index in [1.165, 1.54) is 30.0 Å². The number of anilines is 3. The van der Waals surface area contributed by atoms with Gasteiger partial charge in [-0.05, 0) is 24.3 Å². The molecule has 0 spiro atoms. The van der Waals surface area contributed by atoms with Crippen molar-refractivity contribution in [1.29, 1.82) is 0 Å². The highest BCUT2D eigenvalue weighted by molar-refractivity contribution is 8.01. The van der Waals surface area contributed by atoms with Crippen molar-refractivity contribution in [3.05, 3.63) is 24.3 Å². The van der Waals surface area contributed by atoms with Gasteiger partial charge in [0.05, 0.1) is 5.75 Å². The standard InChI is InChI=1S/C17H21N5O3S2/c1-10(23)18-11-5-7-12(8-6-11)19-13(24)9-26-16-22-21-15(27-16)20-14(25)17(2,3)4/h5-8H,9H2,1-4H3,(H,18,23)(H,19,24)(H,20,21,25). The van der Waals surface area contributed by atoms with Crippen LogP contribution >= 0.6 is 23.1 Å². The van der Waals surface area contributed by atoms with Crippen LogP contribution in [0.3, 0.4) is 0 Å². The number of benzene rings is 1. The zero-order valence-electron chi connectivity index (χ0n) is 15.5. The minimum Gasteiger partial charge on any atom is -0.326 e. The number of amides is 3. The Morgan fingerprint density at radius 1 is 1.00 bits per heavy atom. The zero-order valence-corrected chi connectivity index (χ0v) is 17.1. The lowest BCUT2D eigenvalue weighted by Gasteiger charge is -2.15. The van der Waals surface area contributed by atoms with Crippen LogP contribution in [0.5, 0.6) is 0 Å². The number of rotatable bonds is 6. The van der Waals surface area contributed by atoms with E-state index in [1.807, 2.05) is 20.8 Å². The average molecular weight is 408 g/mol. The third-order valence-corrected chi connectivity index (χ3v) is 5.10. The first kappa shape index (κ1) is 20.8. The van der Waals surface area contributed by atoms with E-state index in [4.69, 9.17) is 0 Å². The summed E-state index contributed by atoms with van der Waals surface area (Å²) in [6.07, 6.45) is 0. The second kappa shape index (κ2) is 8.96. The number of aromatic nitrogens is 2. The Bertz CT molecular complexity index is 828. The maximum absolute atomic E-state index is 12.0. The van der Waals surface area contributed by atoms with Gasteiger partial charge in [-0.2, -0.15) is 0 Å². The molecule has 0 bridgehead atoms. The van der Waals surface area contributed by atoms with E-state index < -0.39 is 5.41 Å². The zero-order chi connectivity index (χ0) is 20.0. The molecule has 0 aliphatic heterocycles. The normalized spacial score (nSPS) is 11.0. The second-order valence-corrected chi connectivity index (χ2v) is 8.87. The molecule has 0 saturated heterocycles. The molecule has 0 fully saturated rings. The maximum atomic E-state index is 12.0. The Labute approximate surface area is 165 Å². The molecule has 1 aromatic heterocycles. The Balaban J connectivity index is 1.82. The first-order valence-electron chi connectivity index (χ1n) is 8.09. The Morgan fingerprint density at radius 3 is 2.15 bits per heavy atom. The van der Waals surface area contributed by atoms with Crippen LogP contribution in [0, 0.1) is 5.41 Å². The van der Waals surface area contributed by atoms with Crippen molar-refractivity contribution < 1.29 is 14.4 Å². The number of nitrogens with zero attached hydrogens (tertiary/aromatic N) is 2. The third kappa shape index (κ3) is 6.99. The first-order chi connectivity index (χ1) is 12.6. The predicted molar refractivity (Wildman–Crippen MR) is 108 cm³/mol. The number of hydrogen-bond acceptors (Lipinski definition) is 7. The molecule has 0 saturated carbocycles. The van der Waals surface area contributed by atoms with Gasteiger partial charge in [0.25, 0.3) is 0 Å². The molecule has 1 aromatic carbocycles. The molecule has 3 amide bonds. The minimum absolute atomic E-state index is 0.143. The monoisotopic (exact) mass is 407 g/mol. The Kier molecular flexibility index (Phi) is 6.92. The smallest absolute Gasteiger partial charge is 0.234 e. The predicted octanol–water partition coefficient (Wildman–Crippen LogP) is 3.21. The van der Waals surface area contributed by atoms with Crippen molar-refractivity contribution in [3.8, 4) is 0 Å². The summed E-state index contributed by atoms with van der Waals surface area (Å²) in [5, 5.41) is 16.4. The van der Waals surface area contributed by atoms with Crippen molar-refractivity contribution in [3.63, 3.8) is 0 Å². The summed E-state index contributed by atoms with van der Waals surface area (Å²) in [4.78, 5) is 35.0. The molecular formula is C17H21N5O3S2. The highest BCUT2D eigenvalue weighted by atomic mass is 32.2. The maximum Gasteiger partial charge on any atom is 0.234 e. The van der Waals surface area contributed by atoms with Gasteiger partial charge in [0.2, 0.25) is 22.9 Å². The van der Waals surface area contributed by atoms with Crippen LogP contribution in [0.1, 0.15) is 27.7 Å². The fourth-order valence-corrected chi connectivity index (χ4v) is 3.31. The molecule has 0 aliphatic rings. The van der Waals surface area contributed by atoms with Crippen LogP contribution in [-0.4, -0.2) is 33.7 Å². The molecule has 1 heterocycles. The summed E-state index contributed by atoms with van der Waals surface area (Å²) in [7, 11) is 0. The van der Waals surface area contributed by atoms with Crippen molar-refractivity contribution in [2.45, 2.75) is 32.0 Å². The molecule has 144 valence electrons. The molecule has 10 heteroatoms. The number of nitrogens with one attached hydrogen (secondary N) is 3. The van der Waals surface area contributed by atoms with Crippen molar-refractivity contribution in [1.82, 2.24) is 10.2 Å². The van der Waals surface area contributed by atoms with E-state index in [-0.39, 0.29) is 23.5 Å². The lowest BCUT2D eigenvalue weighted by atomic mass is 9.96. The van der Waals surface area contributed by atoms with Crippen molar-refractivity contribution in [2.75, 3.05) is 21.7 Å². The van der Waals surface area contributed by atoms with E-state index in [9.17, 15) is 14.4 Å². The summed E-state index contributed by atoms with van der Waals surface area (Å²) < 4.78 is 0.593. The van der Waals surface area contributed by atoms with Crippen LogP contribution in [0.4, 0.5) is 16.5 Å². The number of carbonyl (C=O) groups excluding carboxylic acids is 3. The Morgan fingerprint density at radius 2 is 1.59 bits per heavy atom. The second-order valence-electron chi connectivity index (χ2n) is 6.67. The van der Waals surface area contributed by atoms with Gasteiger partial charge in [-0.3, -0.25) is 14.4 Å². The third-order valence-electron chi connectivity index (χ3n) is 3.12. The lowest BCUT2D eigenvalue weighted by molar-refractivity contribution is -0.123. The first-order valence-corrected chi connectivity index (χ1v) is 9.89. The molecule has 2 aromatic rings. The van der Waals surface area contributed by atoms with E-state index in [1.54, 1.807) is 24.3 Å². The number of carbonyl (C=O) groups is 3. The summed E-state index contributed by atoms with van der Waals surface area (Å²) >= 11 is 2.46. The molecular weight excluding hydrogens is 386 g/mol. The fourth-order valence-electron chi connectivity index (χ4n) is 1.77. The molecule has 0 aliphatic carbocycles. The van der Waals surface area contributed by atoms with Gasteiger partial charge in [0, 0.05) is 23.7 Å². The quantitative estimate of drug-likeness (QED) is 0.501. The van der Waals surface area contributed by atoms with Gasteiger partial charge in [0.1, 0.15) is 0 Å². The molecule has 3 N–H and O–H groups in total. The lowest BCUT2D eigenvalue weighted by Crippen LogP contribution is -2.27. The van der Waals surface area contributed by atoms with E-state index in [0.717, 1.165) is 0 Å². The van der Waals surface area contributed by atoms with Crippen LogP contribution < -0.4 is 16.0 Å². The number of hydrogen-bond donors (Lipinski definition) is 3. The molecule has 27 heavy (non-hydrogen) atoms. The van der Waals surface area contributed by atoms with Crippen LogP contribution in [0.15, 0.2) is 28.6 Å². The fraction of sp³-hybridized carbons (Fsp3) is 0.353. The molecule has 0 unspecified atom stereocenters. The topological polar surface area (TPSA) is 113 Å². The van der Waals surface area contributed by atoms with E-state index in [2.05, 4.69) is 26.1 Å². The van der Waals surface area contributed by atoms with Crippen LogP contribution in [-0.2, 0) is 14.4 Å². The SMILES string of the molecule is CC(=O)Nc1ccc(NC(=O)CSc2nnc(NC(=O)C(C)(C)C)s2)cc1. The van der Waals surface area contributed by atoms with E-state index >= 15 is 0 Å². The van der Waals surface area contributed by atoms with Gasteiger partial charge < -0.3 is 16.0 Å². The molecule has 8 nitrogen and oxygen atoms in total. The van der Waals surface area contributed by atoms with Gasteiger partial charge in [-0.15, -0.1) is 10.2 Å². The summed E-state index contributed by atoms with van der Waals surface area (Å²) in [6.45, 7) is 6.87. The highest BCUT2D eigenvalue weighted by Gasteiger charge is 2.22. The van der Waals surface area contributed by atoms with Crippen LogP contribution in [0.25, 0.3) is 0 Å². The van der Waals surface area contributed by atoms with Gasteiger partial charge in [-0.25, -0.2) is 0 Å². The van der Waals surface area contributed by atoms with Crippen molar-refractivity contribution in [2.24, 2.45) is 5.41 Å². The summed E-state index contributed by atoms with van der Waals surface area (Å²) in [6, 6.07) is 6.83. The van der Waals surface area contributed by atoms with Gasteiger partial charge in [0.15, 0.2) is 4.34 Å². The molecule has 0 radical (unpaired) electrons. The highest BCUT2D eigenvalue weighted by Crippen LogP contribution is 2.27. The Hall–Kier alpha value is -2.46. The van der Waals surface area contributed by atoms with Gasteiger partial charge in [-0.1, -0.05) is 43.9 Å². The average Bonchev–Trinajstić information content (AvgIpc) is 3.01. The summed E-state index contributed by atoms with van der Waals surface area (Å²) in [5.41, 5.74) is 0.771. The van der Waals surface area contributed by atoms with Gasteiger partial charge >= 0.3 is 0 Å². The minimum atomic E-state index is -0.519. The van der Waals surface area contributed by atoms with E-state index in [0.29, 0.717) is 20.8 Å². The summed E-state index contributed by atoms with van der Waals surface area (Å²) in [5.74, 6) is -0.327. The van der Waals surface area contributed by atoms with Crippen molar-refractivity contribution >= 4 is 57.3 Å². The molecule has 0 atom stereocenters.